The van der Waals surface area contributed by atoms with E-state index in [1.54, 1.807) is 7.11 Å². The lowest BCUT2D eigenvalue weighted by Gasteiger charge is -2.26. The minimum atomic E-state index is -1.97. The third-order valence-corrected chi connectivity index (χ3v) is 10.1. The lowest BCUT2D eigenvalue weighted by atomic mass is 10.2. The molecule has 2 nitrogen and oxygen atoms in total. The summed E-state index contributed by atoms with van der Waals surface area (Å²) in [7, 11) is -0.292. The second kappa shape index (κ2) is 9.73. The van der Waals surface area contributed by atoms with Crippen LogP contribution in [0.15, 0.2) is 120 Å². The van der Waals surface area contributed by atoms with Crippen LogP contribution in [0, 0.1) is 0 Å². The highest BCUT2D eigenvalue weighted by Crippen LogP contribution is 2.58. The van der Waals surface area contributed by atoms with Crippen molar-refractivity contribution in [1.82, 2.24) is 0 Å². The second-order valence-electron chi connectivity index (χ2n) is 7.59. The van der Waals surface area contributed by atoms with E-state index in [9.17, 15) is 0 Å². The van der Waals surface area contributed by atoms with Crippen molar-refractivity contribution in [3.8, 4) is 5.75 Å². The number of rotatable bonds is 6. The summed E-state index contributed by atoms with van der Waals surface area (Å²) in [6, 6.07) is 40.9. The molecule has 160 valence electrons. The molecule has 5 rings (SSSR count). The van der Waals surface area contributed by atoms with Crippen molar-refractivity contribution in [3.05, 3.63) is 121 Å². The molecular weight excluding hydrogens is 479 g/mol. The molecule has 0 aliphatic heterocycles. The summed E-state index contributed by atoms with van der Waals surface area (Å²) in [6.45, 7) is 0. The maximum atomic E-state index is 6.38. The summed E-state index contributed by atoms with van der Waals surface area (Å²) in [5, 5.41) is 5.16. The standard InChI is InChI=1S/C28H24O2P.BrH/c1-29-23-18-17-22-19-24(30-28(22)20-23)21-31(25-11-5-2-6-12-25,26-13-7-3-8-14-26)27-15-9-4-10-16-27;/h2-20H,21H2,1H3;1H/q+1;/p-1. The topological polar surface area (TPSA) is 22.4 Å². The van der Waals surface area contributed by atoms with Gasteiger partial charge in [-0.1, -0.05) is 54.6 Å². The van der Waals surface area contributed by atoms with Crippen LogP contribution in [0.2, 0.25) is 0 Å². The molecule has 0 unspecified atom stereocenters. The summed E-state index contributed by atoms with van der Waals surface area (Å²) in [5.41, 5.74) is 0.863. The first-order chi connectivity index (χ1) is 15.3. The zero-order valence-electron chi connectivity index (χ0n) is 17.8. The van der Waals surface area contributed by atoms with E-state index in [0.717, 1.165) is 28.6 Å². The minimum absolute atomic E-state index is 0. The SMILES string of the molecule is COc1ccc2cc(C[P+](c3ccccc3)(c3ccccc3)c3ccccc3)oc2c1.[Br-]. The molecular formula is C28H24BrO2P. The van der Waals surface area contributed by atoms with E-state index in [1.807, 2.05) is 12.1 Å². The van der Waals surface area contributed by atoms with Crippen molar-refractivity contribution in [2.75, 3.05) is 7.11 Å². The number of hydrogen-bond donors (Lipinski definition) is 0. The van der Waals surface area contributed by atoms with Gasteiger partial charge in [0.1, 0.15) is 46.4 Å². The fraction of sp³-hybridized carbons (Fsp3) is 0.0714. The largest absolute Gasteiger partial charge is 1.00 e. The van der Waals surface area contributed by atoms with E-state index in [1.165, 1.54) is 15.9 Å². The number of furan rings is 1. The van der Waals surface area contributed by atoms with Gasteiger partial charge in [0, 0.05) is 11.5 Å². The van der Waals surface area contributed by atoms with Gasteiger partial charge in [-0.15, -0.1) is 0 Å². The van der Waals surface area contributed by atoms with Gasteiger partial charge in [0.2, 0.25) is 0 Å². The highest BCUT2D eigenvalue weighted by molar-refractivity contribution is 7.95. The molecule has 4 heteroatoms. The number of halogens is 1. The predicted molar refractivity (Wildman–Crippen MR) is 132 cm³/mol. The minimum Gasteiger partial charge on any atom is -1.00 e. The zero-order chi connectivity index (χ0) is 21.1. The lowest BCUT2D eigenvalue weighted by molar-refractivity contribution is -0.00000694. The maximum absolute atomic E-state index is 6.38. The van der Waals surface area contributed by atoms with Gasteiger partial charge >= 0.3 is 0 Å². The van der Waals surface area contributed by atoms with Crippen LogP contribution in [-0.2, 0) is 6.16 Å². The average molecular weight is 503 g/mol. The van der Waals surface area contributed by atoms with Gasteiger partial charge in [-0.05, 0) is 54.6 Å². The van der Waals surface area contributed by atoms with E-state index in [4.69, 9.17) is 9.15 Å². The molecule has 0 bridgehead atoms. The second-order valence-corrected chi connectivity index (χ2v) is 11.1. The Morgan fingerprint density at radius 2 is 1.16 bits per heavy atom. The van der Waals surface area contributed by atoms with E-state index >= 15 is 0 Å². The summed E-state index contributed by atoms with van der Waals surface area (Å²) in [5.74, 6) is 1.80. The Morgan fingerprint density at radius 3 is 1.62 bits per heavy atom. The van der Waals surface area contributed by atoms with Crippen molar-refractivity contribution in [2.24, 2.45) is 0 Å². The Bertz CT molecular complexity index is 1190. The van der Waals surface area contributed by atoms with E-state index in [0.29, 0.717) is 0 Å². The number of hydrogen-bond acceptors (Lipinski definition) is 2. The molecule has 0 saturated carbocycles. The normalized spacial score (nSPS) is 11.2. The molecule has 5 aromatic rings. The molecule has 0 aliphatic carbocycles. The lowest BCUT2D eigenvalue weighted by Crippen LogP contribution is -3.00. The van der Waals surface area contributed by atoms with Gasteiger partial charge < -0.3 is 26.1 Å². The summed E-state index contributed by atoms with van der Waals surface area (Å²) in [6.07, 6.45) is 0.821. The number of methoxy groups -OCH3 is 1. The average Bonchev–Trinajstić information content (AvgIpc) is 3.25. The Labute approximate surface area is 200 Å². The first-order valence-electron chi connectivity index (χ1n) is 10.4. The molecule has 0 spiro atoms. The van der Waals surface area contributed by atoms with E-state index in [-0.39, 0.29) is 17.0 Å². The molecule has 0 fully saturated rings. The number of ether oxygens (including phenoxy) is 1. The van der Waals surface area contributed by atoms with Crippen molar-refractivity contribution >= 4 is 34.1 Å². The molecule has 0 N–H and O–H groups in total. The van der Waals surface area contributed by atoms with Gasteiger partial charge in [-0.2, -0.15) is 0 Å². The summed E-state index contributed by atoms with van der Waals surface area (Å²) >= 11 is 0. The van der Waals surface area contributed by atoms with Crippen molar-refractivity contribution in [1.29, 1.82) is 0 Å². The van der Waals surface area contributed by atoms with Gasteiger partial charge in [0.05, 0.1) is 7.11 Å². The van der Waals surface area contributed by atoms with Gasteiger partial charge in [-0.25, -0.2) is 0 Å². The molecule has 0 aliphatic rings. The zero-order valence-corrected chi connectivity index (χ0v) is 20.3. The molecule has 0 atom stereocenters. The van der Waals surface area contributed by atoms with E-state index < -0.39 is 7.26 Å². The van der Waals surface area contributed by atoms with Crippen LogP contribution >= 0.6 is 7.26 Å². The van der Waals surface area contributed by atoms with Crippen molar-refractivity contribution in [2.45, 2.75) is 6.16 Å². The van der Waals surface area contributed by atoms with Crippen LogP contribution in [0.3, 0.4) is 0 Å². The van der Waals surface area contributed by atoms with Gasteiger partial charge in [-0.3, -0.25) is 0 Å². The third kappa shape index (κ3) is 4.11. The van der Waals surface area contributed by atoms with Gasteiger partial charge in [0.15, 0.2) is 0 Å². The van der Waals surface area contributed by atoms with Crippen LogP contribution in [0.4, 0.5) is 0 Å². The van der Waals surface area contributed by atoms with E-state index in [2.05, 4.69) is 103 Å². The third-order valence-electron chi connectivity index (χ3n) is 5.76. The molecule has 32 heavy (non-hydrogen) atoms. The number of benzene rings is 4. The van der Waals surface area contributed by atoms with Crippen LogP contribution < -0.4 is 37.6 Å². The highest BCUT2D eigenvalue weighted by atomic mass is 79.9. The Balaban J connectivity index is 0.00000245. The molecule has 4 aromatic carbocycles. The Kier molecular flexibility index (Phi) is 6.79. The first-order valence-corrected chi connectivity index (χ1v) is 12.4. The Morgan fingerprint density at radius 1 is 0.656 bits per heavy atom. The molecule has 0 saturated heterocycles. The van der Waals surface area contributed by atoms with Crippen LogP contribution in [-0.4, -0.2) is 7.11 Å². The van der Waals surface area contributed by atoms with Gasteiger partial charge in [0.25, 0.3) is 0 Å². The molecule has 1 heterocycles. The first kappa shape index (κ1) is 22.3. The summed E-state index contributed by atoms with van der Waals surface area (Å²) < 4.78 is 11.8. The van der Waals surface area contributed by atoms with Crippen LogP contribution in [0.1, 0.15) is 5.76 Å². The van der Waals surface area contributed by atoms with Crippen molar-refractivity contribution in [3.63, 3.8) is 0 Å². The quantitative estimate of drug-likeness (QED) is 0.333. The van der Waals surface area contributed by atoms with Crippen molar-refractivity contribution < 1.29 is 26.1 Å². The fourth-order valence-corrected chi connectivity index (χ4v) is 8.38. The maximum Gasteiger partial charge on any atom is 0.143 e. The predicted octanol–water partition coefficient (Wildman–Crippen LogP) is 2.94. The molecule has 0 radical (unpaired) electrons. The molecule has 1 aromatic heterocycles. The number of fused-ring (bicyclic) bond motifs is 1. The van der Waals surface area contributed by atoms with Crippen LogP contribution in [0.5, 0.6) is 5.75 Å². The smallest absolute Gasteiger partial charge is 0.143 e. The Hall–Kier alpha value is -2.87. The fourth-order valence-electron chi connectivity index (χ4n) is 4.27. The molecule has 0 amide bonds. The summed E-state index contributed by atoms with van der Waals surface area (Å²) in [4.78, 5) is 0. The monoisotopic (exact) mass is 502 g/mol. The highest BCUT2D eigenvalue weighted by Gasteiger charge is 2.46. The van der Waals surface area contributed by atoms with Crippen LogP contribution in [0.25, 0.3) is 11.0 Å².